The third kappa shape index (κ3) is 1.79. The van der Waals surface area contributed by atoms with E-state index in [0.717, 1.165) is 23.9 Å². The van der Waals surface area contributed by atoms with Crippen molar-refractivity contribution < 1.29 is 0 Å². The fourth-order valence-corrected chi connectivity index (χ4v) is 3.01. The smallest absolute Gasteiger partial charge is 0.201 e. The van der Waals surface area contributed by atoms with E-state index in [0.29, 0.717) is 5.95 Å². The van der Waals surface area contributed by atoms with E-state index in [1.807, 2.05) is 12.1 Å². The summed E-state index contributed by atoms with van der Waals surface area (Å²) in [6, 6.07) is 8.20. The van der Waals surface area contributed by atoms with Gasteiger partial charge in [0.25, 0.3) is 0 Å². The van der Waals surface area contributed by atoms with Gasteiger partial charge in [-0.2, -0.15) is 0 Å². The zero-order chi connectivity index (χ0) is 11.8. The summed E-state index contributed by atoms with van der Waals surface area (Å²) in [5.41, 5.74) is 8.21. The summed E-state index contributed by atoms with van der Waals surface area (Å²) in [7, 11) is 0. The second kappa shape index (κ2) is 4.06. The third-order valence-electron chi connectivity index (χ3n) is 4.14. The third-order valence-corrected chi connectivity index (χ3v) is 4.14. The van der Waals surface area contributed by atoms with E-state index in [9.17, 15) is 0 Å². The maximum atomic E-state index is 6.03. The molecule has 90 valence electrons. The number of imidazole rings is 1. The van der Waals surface area contributed by atoms with Gasteiger partial charge in [-0.15, -0.1) is 0 Å². The van der Waals surface area contributed by atoms with Crippen LogP contribution in [0.15, 0.2) is 24.3 Å². The Morgan fingerprint density at radius 2 is 2.18 bits per heavy atom. The van der Waals surface area contributed by atoms with Gasteiger partial charge in [0, 0.05) is 6.54 Å². The van der Waals surface area contributed by atoms with Crippen LogP contribution >= 0.6 is 0 Å². The molecule has 2 unspecified atom stereocenters. The van der Waals surface area contributed by atoms with Gasteiger partial charge in [0.1, 0.15) is 0 Å². The SMILES string of the molecule is CC1CCCC1Cn1c(N)nc2ccccc21. The molecule has 1 saturated carbocycles. The van der Waals surface area contributed by atoms with E-state index in [1.54, 1.807) is 0 Å². The number of nitrogens with two attached hydrogens (primary N) is 1. The lowest BCUT2D eigenvalue weighted by Crippen LogP contribution is -2.14. The van der Waals surface area contributed by atoms with Gasteiger partial charge >= 0.3 is 0 Å². The van der Waals surface area contributed by atoms with Crippen molar-refractivity contribution in [2.75, 3.05) is 5.73 Å². The summed E-state index contributed by atoms with van der Waals surface area (Å²) in [6.07, 6.45) is 4.04. The normalized spacial score (nSPS) is 24.5. The van der Waals surface area contributed by atoms with Gasteiger partial charge in [-0.25, -0.2) is 4.98 Å². The lowest BCUT2D eigenvalue weighted by molar-refractivity contribution is 0.370. The van der Waals surface area contributed by atoms with Crippen LogP contribution in [-0.4, -0.2) is 9.55 Å². The molecule has 3 nitrogen and oxygen atoms in total. The molecule has 2 N–H and O–H groups in total. The number of nitrogen functional groups attached to an aromatic ring is 1. The van der Waals surface area contributed by atoms with Crippen LogP contribution in [0.25, 0.3) is 11.0 Å². The summed E-state index contributed by atoms with van der Waals surface area (Å²) in [4.78, 5) is 4.42. The highest BCUT2D eigenvalue weighted by molar-refractivity contribution is 5.78. The molecule has 0 aliphatic heterocycles. The van der Waals surface area contributed by atoms with Crippen LogP contribution in [-0.2, 0) is 6.54 Å². The van der Waals surface area contributed by atoms with Gasteiger partial charge in [-0.1, -0.05) is 31.9 Å². The minimum absolute atomic E-state index is 0.658. The zero-order valence-electron chi connectivity index (χ0n) is 10.3. The van der Waals surface area contributed by atoms with Crippen LogP contribution in [0, 0.1) is 11.8 Å². The maximum Gasteiger partial charge on any atom is 0.201 e. The van der Waals surface area contributed by atoms with Crippen molar-refractivity contribution in [1.29, 1.82) is 0 Å². The number of hydrogen-bond acceptors (Lipinski definition) is 2. The van der Waals surface area contributed by atoms with Crippen LogP contribution in [0.4, 0.5) is 5.95 Å². The fourth-order valence-electron chi connectivity index (χ4n) is 3.01. The maximum absolute atomic E-state index is 6.03. The minimum Gasteiger partial charge on any atom is -0.369 e. The van der Waals surface area contributed by atoms with Gasteiger partial charge in [-0.3, -0.25) is 0 Å². The summed E-state index contributed by atoms with van der Waals surface area (Å²) in [6.45, 7) is 3.38. The molecule has 1 aliphatic rings. The minimum atomic E-state index is 0.658. The first kappa shape index (κ1) is 10.6. The molecule has 1 aromatic heterocycles. The number of nitrogens with zero attached hydrogens (tertiary/aromatic N) is 2. The predicted octanol–water partition coefficient (Wildman–Crippen LogP) is 3.05. The van der Waals surface area contributed by atoms with Crippen molar-refractivity contribution in [3.05, 3.63) is 24.3 Å². The highest BCUT2D eigenvalue weighted by atomic mass is 15.2. The van der Waals surface area contributed by atoms with Crippen LogP contribution in [0.2, 0.25) is 0 Å². The number of benzene rings is 1. The molecule has 1 fully saturated rings. The number of fused-ring (bicyclic) bond motifs is 1. The van der Waals surface area contributed by atoms with E-state index in [4.69, 9.17) is 5.73 Å². The largest absolute Gasteiger partial charge is 0.369 e. The monoisotopic (exact) mass is 229 g/mol. The van der Waals surface area contributed by atoms with Gasteiger partial charge in [-0.05, 0) is 30.4 Å². The molecule has 0 spiro atoms. The molecule has 0 saturated heterocycles. The van der Waals surface area contributed by atoms with E-state index in [-0.39, 0.29) is 0 Å². The van der Waals surface area contributed by atoms with Gasteiger partial charge in [0.2, 0.25) is 5.95 Å². The first-order chi connectivity index (χ1) is 8.25. The quantitative estimate of drug-likeness (QED) is 0.860. The van der Waals surface area contributed by atoms with Crippen molar-refractivity contribution in [2.24, 2.45) is 11.8 Å². The Kier molecular flexibility index (Phi) is 2.54. The number of rotatable bonds is 2. The molecule has 3 rings (SSSR count). The summed E-state index contributed by atoms with van der Waals surface area (Å²) >= 11 is 0. The van der Waals surface area contributed by atoms with Crippen LogP contribution < -0.4 is 5.73 Å². The van der Waals surface area contributed by atoms with Crippen LogP contribution in [0.1, 0.15) is 26.2 Å². The van der Waals surface area contributed by atoms with Crippen molar-refractivity contribution in [1.82, 2.24) is 9.55 Å². The molecular weight excluding hydrogens is 210 g/mol. The number of anilines is 1. The molecule has 0 amide bonds. The van der Waals surface area contributed by atoms with Crippen molar-refractivity contribution in [2.45, 2.75) is 32.7 Å². The Morgan fingerprint density at radius 1 is 1.35 bits per heavy atom. The molecule has 1 aromatic carbocycles. The average Bonchev–Trinajstić information content (AvgIpc) is 2.85. The van der Waals surface area contributed by atoms with Gasteiger partial charge < -0.3 is 10.3 Å². The Balaban J connectivity index is 1.96. The van der Waals surface area contributed by atoms with Crippen LogP contribution in [0.3, 0.4) is 0 Å². The van der Waals surface area contributed by atoms with E-state index in [2.05, 4.69) is 28.6 Å². The number of hydrogen-bond donors (Lipinski definition) is 1. The summed E-state index contributed by atoms with van der Waals surface area (Å²) in [5.74, 6) is 2.23. The molecule has 0 radical (unpaired) electrons. The predicted molar refractivity (Wildman–Crippen MR) is 70.7 cm³/mol. The first-order valence-electron chi connectivity index (χ1n) is 6.46. The molecule has 2 aromatic rings. The van der Waals surface area contributed by atoms with Crippen LogP contribution in [0.5, 0.6) is 0 Å². The highest BCUT2D eigenvalue weighted by Crippen LogP contribution is 2.33. The molecule has 0 bridgehead atoms. The highest BCUT2D eigenvalue weighted by Gasteiger charge is 2.24. The van der Waals surface area contributed by atoms with Crippen molar-refractivity contribution in [3.8, 4) is 0 Å². The second-order valence-corrected chi connectivity index (χ2v) is 5.24. The average molecular weight is 229 g/mol. The number of para-hydroxylation sites is 2. The van der Waals surface area contributed by atoms with Crippen molar-refractivity contribution >= 4 is 17.0 Å². The Morgan fingerprint density at radius 3 is 2.94 bits per heavy atom. The Hall–Kier alpha value is -1.51. The zero-order valence-corrected chi connectivity index (χ0v) is 10.3. The van der Waals surface area contributed by atoms with Crippen molar-refractivity contribution in [3.63, 3.8) is 0 Å². The molecule has 3 heteroatoms. The van der Waals surface area contributed by atoms with E-state index >= 15 is 0 Å². The van der Waals surface area contributed by atoms with Gasteiger partial charge in [0.05, 0.1) is 11.0 Å². The van der Waals surface area contributed by atoms with E-state index < -0.39 is 0 Å². The molecule has 1 heterocycles. The summed E-state index contributed by atoms with van der Waals surface area (Å²) < 4.78 is 2.18. The first-order valence-corrected chi connectivity index (χ1v) is 6.46. The molecule has 2 atom stereocenters. The standard InChI is InChI=1S/C14H19N3/c1-10-5-4-6-11(10)9-17-13-8-3-2-7-12(13)16-14(17)15/h2-3,7-8,10-11H,4-6,9H2,1H3,(H2,15,16). The molecule has 17 heavy (non-hydrogen) atoms. The lowest BCUT2D eigenvalue weighted by atomic mass is 9.98. The second-order valence-electron chi connectivity index (χ2n) is 5.24. The molecular formula is C14H19N3. The van der Waals surface area contributed by atoms with Gasteiger partial charge in [0.15, 0.2) is 0 Å². The molecule has 1 aliphatic carbocycles. The van der Waals surface area contributed by atoms with E-state index in [1.165, 1.54) is 24.8 Å². The lowest BCUT2D eigenvalue weighted by Gasteiger charge is -2.17. The number of aromatic nitrogens is 2. The fraction of sp³-hybridized carbons (Fsp3) is 0.500. The Bertz CT molecular complexity index is 529. The Labute approximate surface area is 102 Å². The topological polar surface area (TPSA) is 43.8 Å². The summed E-state index contributed by atoms with van der Waals surface area (Å²) in [5, 5.41) is 0.